The van der Waals surface area contributed by atoms with Crippen molar-refractivity contribution >= 4 is 0 Å². The van der Waals surface area contributed by atoms with Crippen molar-refractivity contribution in [1.29, 1.82) is 0 Å². The fourth-order valence-electron chi connectivity index (χ4n) is 2.18. The lowest BCUT2D eigenvalue weighted by Gasteiger charge is -2.27. The quantitative estimate of drug-likeness (QED) is 0.686. The molecule has 1 aliphatic carbocycles. The molecule has 0 aromatic heterocycles. The summed E-state index contributed by atoms with van der Waals surface area (Å²) in [5.41, 5.74) is 6.35. The zero-order valence-corrected chi connectivity index (χ0v) is 9.10. The summed E-state index contributed by atoms with van der Waals surface area (Å²) < 4.78 is 0. The van der Waals surface area contributed by atoms with E-state index in [9.17, 15) is 0 Å². The predicted octanol–water partition coefficient (Wildman–Crippen LogP) is 2.04. The lowest BCUT2D eigenvalue weighted by Crippen LogP contribution is -2.45. The van der Waals surface area contributed by atoms with Gasteiger partial charge in [-0.1, -0.05) is 26.2 Å². The maximum Gasteiger partial charge on any atom is 0.0165 e. The Bertz CT molecular complexity index is 139. The first-order valence-electron chi connectivity index (χ1n) is 5.67. The van der Waals surface area contributed by atoms with Crippen LogP contribution in [0.5, 0.6) is 0 Å². The van der Waals surface area contributed by atoms with Gasteiger partial charge in [0.1, 0.15) is 0 Å². The van der Waals surface area contributed by atoms with Crippen molar-refractivity contribution in [3.63, 3.8) is 0 Å². The van der Waals surface area contributed by atoms with E-state index in [0.717, 1.165) is 13.0 Å². The van der Waals surface area contributed by atoms with Crippen LogP contribution in [0.3, 0.4) is 0 Å². The predicted molar refractivity (Wildman–Crippen MR) is 57.8 cm³/mol. The Morgan fingerprint density at radius 3 is 2.54 bits per heavy atom. The number of nitrogens with one attached hydrogen (secondary N) is 1. The molecule has 1 rings (SSSR count). The van der Waals surface area contributed by atoms with Gasteiger partial charge >= 0.3 is 0 Å². The second kappa shape index (κ2) is 4.97. The lowest BCUT2D eigenvalue weighted by molar-refractivity contribution is 0.347. The Labute approximate surface area is 82.3 Å². The molecule has 0 aromatic carbocycles. The van der Waals surface area contributed by atoms with E-state index in [1.165, 1.54) is 32.1 Å². The van der Waals surface area contributed by atoms with Gasteiger partial charge in [-0.05, 0) is 26.2 Å². The monoisotopic (exact) mass is 184 g/mol. The second-order valence-corrected chi connectivity index (χ2v) is 4.70. The van der Waals surface area contributed by atoms with E-state index < -0.39 is 0 Å². The Kier molecular flexibility index (Phi) is 4.20. The van der Waals surface area contributed by atoms with Gasteiger partial charge in [-0.15, -0.1) is 0 Å². The molecule has 13 heavy (non-hydrogen) atoms. The highest BCUT2D eigenvalue weighted by Gasteiger charge is 2.27. The Hall–Kier alpha value is -0.0800. The van der Waals surface area contributed by atoms with Crippen LogP contribution >= 0.6 is 0 Å². The average Bonchev–Trinajstić information content (AvgIpc) is 2.51. The van der Waals surface area contributed by atoms with Gasteiger partial charge in [-0.2, -0.15) is 0 Å². The molecule has 1 aliphatic rings. The van der Waals surface area contributed by atoms with Crippen LogP contribution in [-0.2, 0) is 0 Å². The van der Waals surface area contributed by atoms with Crippen LogP contribution in [0.1, 0.15) is 52.4 Å². The van der Waals surface area contributed by atoms with Gasteiger partial charge in [-0.3, -0.25) is 0 Å². The van der Waals surface area contributed by atoms with E-state index in [2.05, 4.69) is 19.2 Å². The van der Waals surface area contributed by atoms with Crippen molar-refractivity contribution in [2.45, 2.75) is 64.0 Å². The van der Waals surface area contributed by atoms with Crippen molar-refractivity contribution in [2.75, 3.05) is 6.54 Å². The summed E-state index contributed by atoms with van der Waals surface area (Å²) in [6, 6.07) is 0.349. The molecule has 1 saturated carbocycles. The van der Waals surface area contributed by atoms with Crippen LogP contribution in [0.2, 0.25) is 0 Å². The summed E-state index contributed by atoms with van der Waals surface area (Å²) >= 11 is 0. The minimum absolute atomic E-state index is 0.349. The molecule has 3 N–H and O–H groups in total. The molecule has 0 heterocycles. The Morgan fingerprint density at radius 1 is 1.38 bits per heavy atom. The molecule has 0 saturated heterocycles. The van der Waals surface area contributed by atoms with Gasteiger partial charge in [0.2, 0.25) is 0 Å². The van der Waals surface area contributed by atoms with E-state index in [1.54, 1.807) is 0 Å². The molecule has 0 bridgehead atoms. The van der Waals surface area contributed by atoms with Crippen LogP contribution in [-0.4, -0.2) is 18.1 Å². The smallest absolute Gasteiger partial charge is 0.0165 e. The van der Waals surface area contributed by atoms with E-state index in [-0.39, 0.29) is 0 Å². The van der Waals surface area contributed by atoms with Gasteiger partial charge < -0.3 is 11.1 Å². The Morgan fingerprint density at radius 2 is 2.00 bits per heavy atom. The minimum atomic E-state index is 0.349. The highest BCUT2D eigenvalue weighted by atomic mass is 15.0. The van der Waals surface area contributed by atoms with E-state index in [4.69, 9.17) is 5.73 Å². The molecule has 1 unspecified atom stereocenters. The summed E-state index contributed by atoms with van der Waals surface area (Å²) in [5.74, 6) is 0. The average molecular weight is 184 g/mol. The molecule has 0 spiro atoms. The molecular weight excluding hydrogens is 160 g/mol. The summed E-state index contributed by atoms with van der Waals surface area (Å²) in [7, 11) is 0. The normalized spacial score (nSPS) is 23.3. The molecule has 1 fully saturated rings. The number of hydrogen-bond acceptors (Lipinski definition) is 2. The van der Waals surface area contributed by atoms with Gasteiger partial charge in [0.05, 0.1) is 0 Å². The first kappa shape index (κ1) is 11.0. The van der Waals surface area contributed by atoms with Crippen LogP contribution in [0.25, 0.3) is 0 Å². The fourth-order valence-corrected chi connectivity index (χ4v) is 2.18. The number of nitrogens with two attached hydrogens (primary N) is 1. The second-order valence-electron chi connectivity index (χ2n) is 4.70. The van der Waals surface area contributed by atoms with Gasteiger partial charge in [0.25, 0.3) is 0 Å². The maximum atomic E-state index is 5.96. The third-order valence-corrected chi connectivity index (χ3v) is 3.16. The van der Waals surface area contributed by atoms with Gasteiger partial charge in [0, 0.05) is 18.1 Å². The van der Waals surface area contributed by atoms with Crippen molar-refractivity contribution in [3.8, 4) is 0 Å². The molecule has 1 atom stereocenters. The maximum absolute atomic E-state index is 5.96. The molecule has 0 aromatic rings. The van der Waals surface area contributed by atoms with Gasteiger partial charge in [-0.25, -0.2) is 0 Å². The van der Waals surface area contributed by atoms with Crippen molar-refractivity contribution < 1.29 is 0 Å². The van der Waals surface area contributed by atoms with Crippen LogP contribution in [0, 0.1) is 0 Å². The lowest BCUT2D eigenvalue weighted by atomic mass is 10.00. The molecule has 78 valence electrons. The van der Waals surface area contributed by atoms with Crippen LogP contribution < -0.4 is 11.1 Å². The van der Waals surface area contributed by atoms with Crippen LogP contribution in [0.4, 0.5) is 0 Å². The summed E-state index contributed by atoms with van der Waals surface area (Å²) in [4.78, 5) is 0. The third kappa shape index (κ3) is 3.65. The van der Waals surface area contributed by atoms with E-state index >= 15 is 0 Å². The summed E-state index contributed by atoms with van der Waals surface area (Å²) in [6.45, 7) is 5.51. The van der Waals surface area contributed by atoms with Crippen LogP contribution in [0.15, 0.2) is 0 Å². The summed E-state index contributed by atoms with van der Waals surface area (Å²) in [5, 5.41) is 3.62. The van der Waals surface area contributed by atoms with Crippen molar-refractivity contribution in [2.24, 2.45) is 5.73 Å². The molecule has 2 heteroatoms. The first-order valence-corrected chi connectivity index (χ1v) is 5.67. The highest BCUT2D eigenvalue weighted by molar-refractivity contribution is 4.88. The third-order valence-electron chi connectivity index (χ3n) is 3.16. The Balaban J connectivity index is 2.17. The van der Waals surface area contributed by atoms with Crippen molar-refractivity contribution in [3.05, 3.63) is 0 Å². The van der Waals surface area contributed by atoms with E-state index in [0.29, 0.717) is 11.6 Å². The molecular formula is C11H24N2. The molecule has 0 radical (unpaired) electrons. The fraction of sp³-hybridized carbons (Fsp3) is 1.00. The van der Waals surface area contributed by atoms with Crippen molar-refractivity contribution in [1.82, 2.24) is 5.32 Å². The first-order chi connectivity index (χ1) is 6.16. The number of rotatable bonds is 5. The minimum Gasteiger partial charge on any atom is -0.327 e. The zero-order valence-electron chi connectivity index (χ0n) is 9.10. The standard InChI is InChI=1S/C11H24N2/c1-3-6-10(12)9-13-11(2)7-4-5-8-11/h10,13H,3-9,12H2,1-2H3. The molecule has 0 amide bonds. The van der Waals surface area contributed by atoms with Gasteiger partial charge in [0.15, 0.2) is 0 Å². The highest BCUT2D eigenvalue weighted by Crippen LogP contribution is 2.28. The summed E-state index contributed by atoms with van der Waals surface area (Å²) in [6.07, 6.45) is 7.75. The molecule has 2 nitrogen and oxygen atoms in total. The van der Waals surface area contributed by atoms with E-state index in [1.807, 2.05) is 0 Å². The zero-order chi connectivity index (χ0) is 9.73. The SMILES string of the molecule is CCCC(N)CNC1(C)CCCC1. The molecule has 0 aliphatic heterocycles. The number of hydrogen-bond donors (Lipinski definition) is 2. The topological polar surface area (TPSA) is 38.0 Å². The largest absolute Gasteiger partial charge is 0.327 e.